The normalized spacial score (nSPS) is 11.2. The van der Waals surface area contributed by atoms with E-state index in [2.05, 4.69) is 48.1 Å². The molecule has 4 N–H and O–H groups in total. The Morgan fingerprint density at radius 1 is 0.926 bits per heavy atom. The molecule has 2 aromatic rings. The molecule has 10 heteroatoms. The SMILES string of the molecule is CCCNc1nc(NC)c2nc(NCC(=O)OC(C)(C)C)nc(NC)c2n1. The molecule has 2 aromatic heterocycles. The summed E-state index contributed by atoms with van der Waals surface area (Å²) in [6, 6.07) is 0. The predicted octanol–water partition coefficient (Wildman–Crippen LogP) is 2.08. The van der Waals surface area contributed by atoms with Gasteiger partial charge in [0.15, 0.2) is 11.6 Å². The fraction of sp³-hybridized carbons (Fsp3) is 0.588. The van der Waals surface area contributed by atoms with Crippen molar-refractivity contribution in [3.8, 4) is 0 Å². The molecule has 0 unspecified atom stereocenters. The highest BCUT2D eigenvalue weighted by Crippen LogP contribution is 2.26. The van der Waals surface area contributed by atoms with Crippen LogP contribution in [0, 0.1) is 0 Å². The van der Waals surface area contributed by atoms with Crippen molar-refractivity contribution >= 4 is 40.5 Å². The van der Waals surface area contributed by atoms with Gasteiger partial charge in [0.25, 0.3) is 0 Å². The number of carbonyl (C=O) groups excluding carboxylic acids is 1. The van der Waals surface area contributed by atoms with Gasteiger partial charge in [-0.05, 0) is 27.2 Å². The van der Waals surface area contributed by atoms with Crippen LogP contribution in [0.5, 0.6) is 0 Å². The number of fused-ring (bicyclic) bond motifs is 1. The molecule has 0 amide bonds. The van der Waals surface area contributed by atoms with Gasteiger partial charge >= 0.3 is 5.97 Å². The Bertz CT molecular complexity index is 804. The van der Waals surface area contributed by atoms with E-state index in [9.17, 15) is 4.79 Å². The van der Waals surface area contributed by atoms with Crippen LogP contribution in [-0.4, -0.2) is 58.7 Å². The lowest BCUT2D eigenvalue weighted by molar-refractivity contribution is -0.152. The lowest BCUT2D eigenvalue weighted by Gasteiger charge is -2.19. The van der Waals surface area contributed by atoms with E-state index in [1.807, 2.05) is 20.8 Å². The molecule has 148 valence electrons. The summed E-state index contributed by atoms with van der Waals surface area (Å²) in [6.07, 6.45) is 0.958. The standard InChI is InChI=1S/C17H28N8O2/c1-7-8-20-15-22-11-12(13(18-5)24-15)23-16(25-14(11)19-6)21-9-10(26)27-17(2,3)4/h7-9H2,1-6H3,(H2,18,20,22,24)(H2,19,21,23,25). The molecular formula is C17H28N8O2. The molecule has 2 heterocycles. The maximum Gasteiger partial charge on any atom is 0.325 e. The van der Waals surface area contributed by atoms with Crippen molar-refractivity contribution in [2.75, 3.05) is 48.5 Å². The first kappa shape index (κ1) is 20.4. The molecular weight excluding hydrogens is 348 g/mol. The average Bonchev–Trinajstić information content (AvgIpc) is 2.61. The summed E-state index contributed by atoms with van der Waals surface area (Å²) in [6.45, 7) is 8.24. The first-order valence-electron chi connectivity index (χ1n) is 8.92. The number of hydrogen-bond donors (Lipinski definition) is 4. The van der Waals surface area contributed by atoms with Gasteiger partial charge < -0.3 is 26.0 Å². The number of carbonyl (C=O) groups is 1. The Labute approximate surface area is 158 Å². The van der Waals surface area contributed by atoms with E-state index >= 15 is 0 Å². The number of anilines is 4. The second-order valence-corrected chi connectivity index (χ2v) is 6.86. The van der Waals surface area contributed by atoms with E-state index in [1.54, 1.807) is 14.1 Å². The van der Waals surface area contributed by atoms with Gasteiger partial charge in [-0.3, -0.25) is 4.79 Å². The smallest absolute Gasteiger partial charge is 0.325 e. The molecule has 27 heavy (non-hydrogen) atoms. The second-order valence-electron chi connectivity index (χ2n) is 6.86. The lowest BCUT2D eigenvalue weighted by Crippen LogP contribution is -2.28. The molecule has 10 nitrogen and oxygen atoms in total. The molecule has 0 radical (unpaired) electrons. The Hall–Kier alpha value is -2.91. The summed E-state index contributed by atoms with van der Waals surface area (Å²) in [5, 5.41) is 12.1. The number of ether oxygens (including phenoxy) is 1. The number of nitrogens with one attached hydrogen (secondary N) is 4. The van der Waals surface area contributed by atoms with Crippen LogP contribution in [0.2, 0.25) is 0 Å². The second kappa shape index (κ2) is 8.65. The summed E-state index contributed by atoms with van der Waals surface area (Å²) >= 11 is 0. The van der Waals surface area contributed by atoms with Crippen LogP contribution in [0.15, 0.2) is 0 Å². The van der Waals surface area contributed by atoms with Gasteiger partial charge in [0.05, 0.1) is 0 Å². The monoisotopic (exact) mass is 376 g/mol. The van der Waals surface area contributed by atoms with Gasteiger partial charge in [-0.25, -0.2) is 9.97 Å². The minimum absolute atomic E-state index is 0.0438. The number of aromatic nitrogens is 4. The van der Waals surface area contributed by atoms with Crippen LogP contribution >= 0.6 is 0 Å². The maximum atomic E-state index is 11.9. The Morgan fingerprint density at radius 2 is 1.44 bits per heavy atom. The molecule has 0 saturated carbocycles. The van der Waals surface area contributed by atoms with Gasteiger partial charge in [-0.2, -0.15) is 9.97 Å². The summed E-state index contributed by atoms with van der Waals surface area (Å²) in [7, 11) is 3.51. The van der Waals surface area contributed by atoms with Crippen molar-refractivity contribution in [1.29, 1.82) is 0 Å². The average molecular weight is 376 g/mol. The van der Waals surface area contributed by atoms with Gasteiger partial charge in [-0.1, -0.05) is 6.92 Å². The highest BCUT2D eigenvalue weighted by molar-refractivity contribution is 5.94. The van der Waals surface area contributed by atoms with E-state index in [-0.39, 0.29) is 18.5 Å². The molecule has 0 aromatic carbocycles. The zero-order valence-corrected chi connectivity index (χ0v) is 16.7. The van der Waals surface area contributed by atoms with Crippen LogP contribution < -0.4 is 21.3 Å². The fourth-order valence-electron chi connectivity index (χ4n) is 2.29. The van der Waals surface area contributed by atoms with Gasteiger partial charge in [0.1, 0.15) is 23.2 Å². The van der Waals surface area contributed by atoms with E-state index < -0.39 is 5.60 Å². The third-order valence-corrected chi connectivity index (χ3v) is 3.36. The van der Waals surface area contributed by atoms with Crippen molar-refractivity contribution in [2.24, 2.45) is 0 Å². The molecule has 2 rings (SSSR count). The van der Waals surface area contributed by atoms with Gasteiger partial charge in [0, 0.05) is 20.6 Å². The van der Waals surface area contributed by atoms with Crippen molar-refractivity contribution in [3.05, 3.63) is 0 Å². The quantitative estimate of drug-likeness (QED) is 0.509. The molecule has 0 aliphatic heterocycles. The van der Waals surface area contributed by atoms with E-state index in [0.29, 0.717) is 28.6 Å². The molecule has 0 saturated heterocycles. The number of esters is 1. The number of nitrogens with zero attached hydrogens (tertiary/aromatic N) is 4. The lowest BCUT2D eigenvalue weighted by atomic mass is 10.2. The highest BCUT2D eigenvalue weighted by Gasteiger charge is 2.18. The molecule has 0 atom stereocenters. The Morgan fingerprint density at radius 3 is 1.89 bits per heavy atom. The molecule has 0 aliphatic carbocycles. The van der Waals surface area contributed by atoms with E-state index in [0.717, 1.165) is 13.0 Å². The van der Waals surface area contributed by atoms with Crippen molar-refractivity contribution in [3.63, 3.8) is 0 Å². The van der Waals surface area contributed by atoms with E-state index in [4.69, 9.17) is 4.74 Å². The number of hydrogen-bond acceptors (Lipinski definition) is 10. The summed E-state index contributed by atoms with van der Waals surface area (Å²) in [5.41, 5.74) is 0.581. The Kier molecular flexibility index (Phi) is 6.54. The first-order chi connectivity index (χ1) is 12.8. The maximum absolute atomic E-state index is 11.9. The molecule has 0 spiro atoms. The van der Waals surface area contributed by atoms with Crippen LogP contribution in [0.3, 0.4) is 0 Å². The van der Waals surface area contributed by atoms with Crippen LogP contribution in [-0.2, 0) is 9.53 Å². The summed E-state index contributed by atoms with van der Waals surface area (Å²) in [4.78, 5) is 29.7. The summed E-state index contributed by atoms with van der Waals surface area (Å²) < 4.78 is 5.28. The predicted molar refractivity (Wildman–Crippen MR) is 107 cm³/mol. The van der Waals surface area contributed by atoms with Crippen LogP contribution in [0.25, 0.3) is 11.0 Å². The topological polar surface area (TPSA) is 126 Å². The largest absolute Gasteiger partial charge is 0.459 e. The Balaban J connectivity index is 2.33. The van der Waals surface area contributed by atoms with Crippen molar-refractivity contribution in [1.82, 2.24) is 19.9 Å². The third-order valence-electron chi connectivity index (χ3n) is 3.36. The number of rotatable bonds is 8. The van der Waals surface area contributed by atoms with E-state index in [1.165, 1.54) is 0 Å². The zero-order valence-electron chi connectivity index (χ0n) is 16.7. The zero-order chi connectivity index (χ0) is 20.0. The van der Waals surface area contributed by atoms with Crippen molar-refractivity contribution < 1.29 is 9.53 Å². The third kappa shape index (κ3) is 5.53. The minimum atomic E-state index is -0.547. The van der Waals surface area contributed by atoms with Crippen LogP contribution in [0.4, 0.5) is 23.5 Å². The first-order valence-corrected chi connectivity index (χ1v) is 8.92. The highest BCUT2D eigenvalue weighted by atomic mass is 16.6. The fourth-order valence-corrected chi connectivity index (χ4v) is 2.29. The van der Waals surface area contributed by atoms with Crippen LogP contribution in [0.1, 0.15) is 34.1 Å². The molecule has 0 fully saturated rings. The summed E-state index contributed by atoms with van der Waals surface area (Å²) in [5.74, 6) is 1.50. The minimum Gasteiger partial charge on any atom is -0.459 e. The van der Waals surface area contributed by atoms with Crippen molar-refractivity contribution in [2.45, 2.75) is 39.7 Å². The van der Waals surface area contributed by atoms with Gasteiger partial charge in [-0.15, -0.1) is 0 Å². The molecule has 0 aliphatic rings. The van der Waals surface area contributed by atoms with Gasteiger partial charge in [0.2, 0.25) is 11.9 Å². The molecule has 0 bridgehead atoms.